The van der Waals surface area contributed by atoms with E-state index in [2.05, 4.69) is 14.1 Å². The fourth-order valence-corrected chi connectivity index (χ4v) is 6.40. The van der Waals surface area contributed by atoms with Crippen molar-refractivity contribution >= 4 is 11.9 Å². The molecule has 0 radical (unpaired) electrons. The molecule has 5 rings (SSSR count). The molecule has 1 aromatic rings. The van der Waals surface area contributed by atoms with E-state index in [0.717, 1.165) is 29.3 Å². The van der Waals surface area contributed by atoms with E-state index >= 15 is 0 Å². The number of hydrogen-bond donors (Lipinski definition) is 0. The zero-order valence-electron chi connectivity index (χ0n) is 19.3. The zero-order chi connectivity index (χ0) is 22.3. The Balaban J connectivity index is 1.18. The van der Waals surface area contributed by atoms with Crippen molar-refractivity contribution < 1.29 is 28.3 Å². The van der Waals surface area contributed by atoms with Gasteiger partial charge in [0.05, 0.1) is 14.1 Å². The lowest BCUT2D eigenvalue weighted by Gasteiger charge is -2.45. The largest absolute Gasteiger partial charge is 0.464 e. The van der Waals surface area contributed by atoms with Crippen LogP contribution in [0.2, 0.25) is 0 Å². The second kappa shape index (κ2) is 8.79. The number of esters is 2. The van der Waals surface area contributed by atoms with Gasteiger partial charge in [0, 0.05) is 19.3 Å². The van der Waals surface area contributed by atoms with Crippen molar-refractivity contribution in [2.24, 2.45) is 5.92 Å². The fraction of sp³-hybridized carbons (Fsp3) is 0.692. The van der Waals surface area contributed by atoms with Gasteiger partial charge in [0.1, 0.15) is 42.9 Å². The van der Waals surface area contributed by atoms with Crippen LogP contribution in [-0.4, -0.2) is 67.5 Å². The summed E-state index contributed by atoms with van der Waals surface area (Å²) >= 11 is 0. The molecule has 5 atom stereocenters. The van der Waals surface area contributed by atoms with E-state index in [1.165, 1.54) is 25.7 Å². The van der Waals surface area contributed by atoms with Crippen LogP contribution in [0.25, 0.3) is 0 Å². The van der Waals surface area contributed by atoms with Crippen molar-refractivity contribution in [3.8, 4) is 0 Å². The van der Waals surface area contributed by atoms with E-state index in [-0.39, 0.29) is 24.6 Å². The van der Waals surface area contributed by atoms with Crippen molar-refractivity contribution in [2.45, 2.75) is 87.7 Å². The van der Waals surface area contributed by atoms with E-state index < -0.39 is 5.92 Å². The Morgan fingerprint density at radius 2 is 1.72 bits per heavy atom. The molecule has 6 nitrogen and oxygen atoms in total. The monoisotopic (exact) mass is 442 g/mol. The molecule has 32 heavy (non-hydrogen) atoms. The molecule has 1 saturated carbocycles. The van der Waals surface area contributed by atoms with Crippen LogP contribution in [0.5, 0.6) is 0 Å². The summed E-state index contributed by atoms with van der Waals surface area (Å²) in [6.45, 7) is 0.0435. The maximum atomic E-state index is 13.2. The predicted molar refractivity (Wildman–Crippen MR) is 119 cm³/mol. The minimum absolute atomic E-state index is 0.0435. The first-order chi connectivity index (χ1) is 15.4. The Morgan fingerprint density at radius 3 is 2.38 bits per heavy atom. The zero-order valence-corrected chi connectivity index (χ0v) is 19.3. The van der Waals surface area contributed by atoms with Crippen LogP contribution in [0, 0.1) is 5.92 Å². The summed E-state index contributed by atoms with van der Waals surface area (Å²) < 4.78 is 18.4. The molecule has 4 aliphatic rings. The molecule has 0 aromatic heterocycles. The van der Waals surface area contributed by atoms with Gasteiger partial charge in [-0.25, -0.2) is 0 Å². The van der Waals surface area contributed by atoms with Crippen LogP contribution in [0.15, 0.2) is 30.3 Å². The smallest absolute Gasteiger partial charge is 0.317 e. The number of quaternary nitrogens is 1. The van der Waals surface area contributed by atoms with E-state index in [1.807, 2.05) is 30.3 Å². The summed E-state index contributed by atoms with van der Waals surface area (Å²) in [6.07, 6.45) is 8.53. The third-order valence-corrected chi connectivity index (χ3v) is 8.45. The summed E-state index contributed by atoms with van der Waals surface area (Å²) in [7, 11) is 4.53. The normalized spacial score (nSPS) is 33.4. The number of ether oxygens (including phenoxy) is 3. The standard InChI is InChI=1S/C26H36NO5/c1-27(2)21-14-19(15-22(27)25-24(21)32-25)31-26(29)20(18-10-4-3-5-11-18)16-30-23(28)13-12-17-8-6-7-9-17/h3-5,10-11,17,19-22,24-25H,6-9,12-16H2,1-2H3/q+1/t20-,21-,22-,24+,25+/m0/s1. The number of likely N-dealkylation sites (N-methyl/N-ethyl adjacent to an activating group) is 1. The number of morpholine rings is 1. The van der Waals surface area contributed by atoms with E-state index in [9.17, 15) is 9.59 Å². The molecular weight excluding hydrogens is 406 g/mol. The lowest BCUT2D eigenvalue weighted by Crippen LogP contribution is -2.60. The van der Waals surface area contributed by atoms with Crippen LogP contribution >= 0.6 is 0 Å². The van der Waals surface area contributed by atoms with Gasteiger partial charge in [-0.05, 0) is 17.9 Å². The van der Waals surface area contributed by atoms with Crippen LogP contribution in [-0.2, 0) is 23.8 Å². The van der Waals surface area contributed by atoms with Crippen LogP contribution in [0.1, 0.15) is 62.8 Å². The van der Waals surface area contributed by atoms with Gasteiger partial charge in [-0.3, -0.25) is 9.59 Å². The number of hydrogen-bond acceptors (Lipinski definition) is 5. The maximum Gasteiger partial charge on any atom is 0.317 e. The molecule has 3 aliphatic heterocycles. The number of nitrogens with zero attached hydrogens (tertiary/aromatic N) is 1. The Bertz CT molecular complexity index is 814. The van der Waals surface area contributed by atoms with Gasteiger partial charge in [0.15, 0.2) is 0 Å². The second-order valence-electron chi connectivity index (χ2n) is 10.7. The first-order valence-electron chi connectivity index (χ1n) is 12.3. The van der Waals surface area contributed by atoms with Gasteiger partial charge in [-0.2, -0.15) is 0 Å². The van der Waals surface area contributed by atoms with E-state index in [0.29, 0.717) is 36.6 Å². The molecule has 2 bridgehead atoms. The number of epoxide rings is 1. The molecule has 0 unspecified atom stereocenters. The van der Waals surface area contributed by atoms with Crippen LogP contribution < -0.4 is 0 Å². The average molecular weight is 443 g/mol. The SMILES string of the molecule is C[N+]1(C)[C@H]2CC(OC(=O)[C@@H](COC(=O)CCC3CCCC3)c3ccccc3)C[C@H]1[C@H]1O[C@@H]12. The maximum absolute atomic E-state index is 13.2. The van der Waals surface area contributed by atoms with Gasteiger partial charge in [-0.1, -0.05) is 56.0 Å². The summed E-state index contributed by atoms with van der Waals surface area (Å²) in [5.41, 5.74) is 0.835. The molecule has 0 spiro atoms. The summed E-state index contributed by atoms with van der Waals surface area (Å²) in [4.78, 5) is 25.6. The highest BCUT2D eigenvalue weighted by Crippen LogP contribution is 2.51. The fourth-order valence-electron chi connectivity index (χ4n) is 6.40. The van der Waals surface area contributed by atoms with Crippen molar-refractivity contribution in [2.75, 3.05) is 20.7 Å². The quantitative estimate of drug-likeness (QED) is 0.350. The molecule has 1 aromatic carbocycles. The van der Waals surface area contributed by atoms with Gasteiger partial charge in [0.25, 0.3) is 0 Å². The molecular formula is C26H36NO5+. The molecule has 4 fully saturated rings. The molecule has 3 heterocycles. The van der Waals surface area contributed by atoms with Crippen molar-refractivity contribution in [3.63, 3.8) is 0 Å². The highest BCUT2D eigenvalue weighted by atomic mass is 16.6. The first kappa shape index (κ1) is 21.9. The molecule has 3 saturated heterocycles. The number of fused-ring (bicyclic) bond motifs is 5. The van der Waals surface area contributed by atoms with Gasteiger partial charge in [-0.15, -0.1) is 0 Å². The number of carbonyl (C=O) groups is 2. The van der Waals surface area contributed by atoms with Crippen molar-refractivity contribution in [1.29, 1.82) is 0 Å². The Kier molecular flexibility index (Phi) is 6.01. The second-order valence-corrected chi connectivity index (χ2v) is 10.7. The third-order valence-electron chi connectivity index (χ3n) is 8.45. The number of carbonyl (C=O) groups excluding carboxylic acids is 2. The van der Waals surface area contributed by atoms with Crippen molar-refractivity contribution in [1.82, 2.24) is 0 Å². The summed E-state index contributed by atoms with van der Waals surface area (Å²) in [5, 5.41) is 0. The highest BCUT2D eigenvalue weighted by Gasteiger charge is 2.70. The topological polar surface area (TPSA) is 65.1 Å². The Hall–Kier alpha value is -1.92. The number of piperidine rings is 1. The molecule has 1 aliphatic carbocycles. The minimum atomic E-state index is -0.584. The summed E-state index contributed by atoms with van der Waals surface area (Å²) in [5.74, 6) is -0.430. The highest BCUT2D eigenvalue weighted by molar-refractivity contribution is 5.79. The van der Waals surface area contributed by atoms with Gasteiger partial charge < -0.3 is 18.7 Å². The number of rotatable bonds is 8. The minimum Gasteiger partial charge on any atom is -0.464 e. The van der Waals surface area contributed by atoms with Crippen LogP contribution in [0.3, 0.4) is 0 Å². The molecule has 0 amide bonds. The Morgan fingerprint density at radius 1 is 1.06 bits per heavy atom. The van der Waals surface area contributed by atoms with E-state index in [1.54, 1.807) is 0 Å². The molecule has 0 N–H and O–H groups in total. The van der Waals surface area contributed by atoms with Gasteiger partial charge >= 0.3 is 11.9 Å². The van der Waals surface area contributed by atoms with Crippen LogP contribution in [0.4, 0.5) is 0 Å². The lowest BCUT2D eigenvalue weighted by atomic mass is 9.95. The lowest BCUT2D eigenvalue weighted by molar-refractivity contribution is -0.938. The first-order valence-corrected chi connectivity index (χ1v) is 12.3. The molecule has 174 valence electrons. The Labute approximate surface area is 190 Å². The molecule has 6 heteroatoms. The van der Waals surface area contributed by atoms with E-state index in [4.69, 9.17) is 14.2 Å². The number of benzene rings is 1. The average Bonchev–Trinajstić information content (AvgIpc) is 3.35. The third kappa shape index (κ3) is 4.32. The summed E-state index contributed by atoms with van der Waals surface area (Å²) in [6, 6.07) is 10.3. The predicted octanol–water partition coefficient (Wildman–Crippen LogP) is 3.58. The van der Waals surface area contributed by atoms with Crippen molar-refractivity contribution in [3.05, 3.63) is 35.9 Å². The van der Waals surface area contributed by atoms with Gasteiger partial charge in [0.2, 0.25) is 0 Å².